The third-order valence-corrected chi connectivity index (χ3v) is 6.96. The summed E-state index contributed by atoms with van der Waals surface area (Å²) in [4.78, 5) is 16.6. The van der Waals surface area contributed by atoms with Crippen LogP contribution in [0.2, 0.25) is 0 Å². The SMILES string of the molecule is C[C@H](OC(=S)Oc1ccccc1)[C@H]1O[C@@H]2SC(N(C)C(=O)O)=N[C@@H]2[C@H](F)[C@@H]1OCc1ccccc1. The van der Waals surface area contributed by atoms with E-state index in [1.165, 1.54) is 7.05 Å². The molecule has 0 radical (unpaired) electrons. The van der Waals surface area contributed by atoms with Crippen molar-refractivity contribution in [3.63, 3.8) is 0 Å². The Bertz CT molecular complexity index is 1060. The summed E-state index contributed by atoms with van der Waals surface area (Å²) in [5, 5.41) is 9.32. The molecule has 2 heterocycles. The summed E-state index contributed by atoms with van der Waals surface area (Å²) in [5.41, 5.74) is 0.130. The molecule has 0 spiro atoms. The predicted octanol–water partition coefficient (Wildman–Crippen LogP) is 4.49. The van der Waals surface area contributed by atoms with Gasteiger partial charge in [-0.25, -0.2) is 9.18 Å². The molecule has 2 aromatic rings. The number of para-hydroxylation sites is 1. The highest BCUT2D eigenvalue weighted by molar-refractivity contribution is 8.14. The van der Waals surface area contributed by atoms with E-state index in [2.05, 4.69) is 4.99 Å². The molecule has 0 saturated carbocycles. The molecular weight excluding hydrogens is 495 g/mol. The second-order valence-corrected chi connectivity index (χ2v) is 9.42. The standard InChI is InChI=1S/C24H25FN2O6S2/c1-14(31-24(34)32-16-11-7-4-8-12-16)19-20(30-13-15-9-5-3-6-10-15)17(25)18-21(33-19)35-22(26-18)27(2)23(28)29/h3-12,14,17-21H,13H2,1-2H3,(H,28,29)/t14-,17-,18+,19+,20-,21+/m0/s1. The normalized spacial score (nSPS) is 26.3. The van der Waals surface area contributed by atoms with Crippen molar-refractivity contribution in [3.05, 3.63) is 66.2 Å². The molecule has 6 atom stereocenters. The van der Waals surface area contributed by atoms with E-state index in [9.17, 15) is 9.90 Å². The highest BCUT2D eigenvalue weighted by Crippen LogP contribution is 2.41. The van der Waals surface area contributed by atoms with Crippen molar-refractivity contribution in [2.24, 2.45) is 4.99 Å². The van der Waals surface area contributed by atoms with E-state index < -0.39 is 42.1 Å². The van der Waals surface area contributed by atoms with Crippen LogP contribution in [0.4, 0.5) is 9.18 Å². The van der Waals surface area contributed by atoms with Crippen LogP contribution >= 0.6 is 24.0 Å². The lowest BCUT2D eigenvalue weighted by Gasteiger charge is -2.41. The molecule has 35 heavy (non-hydrogen) atoms. The van der Waals surface area contributed by atoms with E-state index in [0.29, 0.717) is 5.75 Å². The number of ether oxygens (including phenoxy) is 4. The topological polar surface area (TPSA) is 89.8 Å². The van der Waals surface area contributed by atoms with Crippen LogP contribution in [0, 0.1) is 0 Å². The van der Waals surface area contributed by atoms with Gasteiger partial charge < -0.3 is 24.1 Å². The molecule has 1 fully saturated rings. The fourth-order valence-corrected chi connectivity index (χ4v) is 5.15. The van der Waals surface area contributed by atoms with Crippen molar-refractivity contribution in [2.45, 2.75) is 49.5 Å². The molecule has 0 unspecified atom stereocenters. The van der Waals surface area contributed by atoms with E-state index in [1.54, 1.807) is 31.2 Å². The van der Waals surface area contributed by atoms with Crippen LogP contribution in [-0.4, -0.2) is 69.5 Å². The molecule has 2 aromatic carbocycles. The van der Waals surface area contributed by atoms with Crippen LogP contribution in [0.1, 0.15) is 12.5 Å². The molecule has 1 N–H and O–H groups in total. The molecule has 4 rings (SSSR count). The van der Waals surface area contributed by atoms with Gasteiger partial charge in [0.25, 0.3) is 0 Å². The summed E-state index contributed by atoms with van der Waals surface area (Å²) < 4.78 is 39.3. The Labute approximate surface area is 212 Å². The number of rotatable bonds is 6. The van der Waals surface area contributed by atoms with E-state index in [1.807, 2.05) is 36.4 Å². The van der Waals surface area contributed by atoms with Crippen molar-refractivity contribution < 1.29 is 33.2 Å². The fraction of sp³-hybridized carbons (Fsp3) is 0.375. The third kappa shape index (κ3) is 6.10. The zero-order chi connectivity index (χ0) is 24.9. The average molecular weight is 521 g/mol. The van der Waals surface area contributed by atoms with Crippen LogP contribution in [0.25, 0.3) is 0 Å². The van der Waals surface area contributed by atoms with Gasteiger partial charge in [-0.1, -0.05) is 60.3 Å². The molecule has 8 nitrogen and oxygen atoms in total. The Morgan fingerprint density at radius 1 is 1.23 bits per heavy atom. The van der Waals surface area contributed by atoms with Crippen molar-refractivity contribution in [3.8, 4) is 5.75 Å². The Hall–Kier alpha value is -2.73. The Morgan fingerprint density at radius 3 is 2.54 bits per heavy atom. The summed E-state index contributed by atoms with van der Waals surface area (Å²) in [6.07, 6.45) is -5.38. The predicted molar refractivity (Wildman–Crippen MR) is 133 cm³/mol. The number of nitrogens with zero attached hydrogens (tertiary/aromatic N) is 2. The second kappa shape index (κ2) is 11.3. The number of fused-ring (bicyclic) bond motifs is 1. The lowest BCUT2D eigenvalue weighted by atomic mass is 9.96. The van der Waals surface area contributed by atoms with Crippen LogP contribution in [0.5, 0.6) is 5.75 Å². The number of thioether (sulfide) groups is 1. The summed E-state index contributed by atoms with van der Waals surface area (Å²) in [7, 11) is 1.35. The van der Waals surface area contributed by atoms with Gasteiger partial charge in [-0.3, -0.25) is 9.89 Å². The number of amidine groups is 1. The quantitative estimate of drug-likeness (QED) is 0.558. The molecule has 186 valence electrons. The minimum absolute atomic E-state index is 0.131. The number of halogens is 1. The molecule has 2 aliphatic heterocycles. The van der Waals surface area contributed by atoms with Crippen LogP contribution < -0.4 is 4.74 Å². The summed E-state index contributed by atoms with van der Waals surface area (Å²) in [5.74, 6) is 0.510. The van der Waals surface area contributed by atoms with Crippen LogP contribution in [0.3, 0.4) is 0 Å². The zero-order valence-electron chi connectivity index (χ0n) is 19.0. The number of aliphatic imine (C=N–C) groups is 1. The second-order valence-electron chi connectivity index (χ2n) is 8.02. The Morgan fingerprint density at radius 2 is 1.89 bits per heavy atom. The van der Waals surface area contributed by atoms with Gasteiger partial charge >= 0.3 is 11.3 Å². The summed E-state index contributed by atoms with van der Waals surface area (Å²) >= 11 is 6.28. The van der Waals surface area contributed by atoms with Gasteiger partial charge in [-0.05, 0) is 24.6 Å². The highest BCUT2D eigenvalue weighted by atomic mass is 32.2. The lowest BCUT2D eigenvalue weighted by Crippen LogP contribution is -2.57. The first kappa shape index (κ1) is 25.4. The van der Waals surface area contributed by atoms with Gasteiger partial charge in [0.15, 0.2) is 11.3 Å². The minimum Gasteiger partial charge on any atom is -0.465 e. The summed E-state index contributed by atoms with van der Waals surface area (Å²) in [6.45, 7) is 1.85. The molecule has 11 heteroatoms. The van der Waals surface area contributed by atoms with Gasteiger partial charge in [0.2, 0.25) is 0 Å². The maximum atomic E-state index is 15.8. The third-order valence-electron chi connectivity index (χ3n) is 5.56. The lowest BCUT2D eigenvalue weighted by molar-refractivity contribution is -0.186. The Balaban J connectivity index is 1.50. The number of hydrogen-bond acceptors (Lipinski definition) is 8. The van der Waals surface area contributed by atoms with Gasteiger partial charge in [0.1, 0.15) is 35.5 Å². The van der Waals surface area contributed by atoms with Gasteiger partial charge in [0, 0.05) is 19.3 Å². The van der Waals surface area contributed by atoms with E-state index in [4.69, 9.17) is 31.2 Å². The number of amides is 1. The number of benzene rings is 2. The molecule has 1 amide bonds. The smallest absolute Gasteiger partial charge is 0.413 e. The molecule has 0 aliphatic carbocycles. The minimum atomic E-state index is -1.57. The van der Waals surface area contributed by atoms with E-state index in [0.717, 1.165) is 22.2 Å². The van der Waals surface area contributed by atoms with E-state index >= 15 is 4.39 Å². The number of thiocarbonyl (C=S) groups is 1. The molecule has 2 aliphatic rings. The van der Waals surface area contributed by atoms with Gasteiger partial charge in [-0.2, -0.15) is 0 Å². The Kier molecular flexibility index (Phi) is 8.22. The van der Waals surface area contributed by atoms with Crippen LogP contribution in [0.15, 0.2) is 65.7 Å². The first-order chi connectivity index (χ1) is 16.8. The zero-order valence-corrected chi connectivity index (χ0v) is 20.7. The summed E-state index contributed by atoms with van der Waals surface area (Å²) in [6, 6.07) is 17.4. The number of alkyl halides is 1. The number of carboxylic acid groups (broad SMARTS) is 1. The van der Waals surface area contributed by atoms with E-state index in [-0.39, 0.29) is 17.0 Å². The maximum Gasteiger partial charge on any atom is 0.413 e. The first-order valence-corrected chi connectivity index (χ1v) is 12.2. The fourth-order valence-electron chi connectivity index (χ4n) is 3.74. The van der Waals surface area contributed by atoms with Crippen molar-refractivity contribution in [1.82, 2.24) is 4.90 Å². The number of carbonyl (C=O) groups is 1. The average Bonchev–Trinajstić information content (AvgIpc) is 3.28. The van der Waals surface area contributed by atoms with Crippen LogP contribution in [-0.2, 0) is 20.8 Å². The maximum absolute atomic E-state index is 15.8. The first-order valence-electron chi connectivity index (χ1n) is 10.9. The largest absolute Gasteiger partial charge is 0.465 e. The monoisotopic (exact) mass is 520 g/mol. The molecule has 0 bridgehead atoms. The van der Waals surface area contributed by atoms with Gasteiger partial charge in [-0.15, -0.1) is 0 Å². The molecular formula is C24H25FN2O6S2. The van der Waals surface area contributed by atoms with Crippen molar-refractivity contribution in [2.75, 3.05) is 7.05 Å². The molecule has 0 aromatic heterocycles. The number of hydrogen-bond donors (Lipinski definition) is 1. The molecule has 1 saturated heterocycles. The van der Waals surface area contributed by atoms with Crippen molar-refractivity contribution >= 4 is 40.5 Å². The van der Waals surface area contributed by atoms with Gasteiger partial charge in [0.05, 0.1) is 6.61 Å². The highest BCUT2D eigenvalue weighted by Gasteiger charge is 2.53. The van der Waals surface area contributed by atoms with Crippen molar-refractivity contribution in [1.29, 1.82) is 0 Å².